The summed E-state index contributed by atoms with van der Waals surface area (Å²) in [6, 6.07) is 16.0. The first-order valence-corrected chi connectivity index (χ1v) is 8.96. The van der Waals surface area contributed by atoms with Crippen molar-refractivity contribution in [1.29, 1.82) is 0 Å². The molecule has 4 rings (SSSR count). The van der Waals surface area contributed by atoms with Gasteiger partial charge in [0.2, 0.25) is 0 Å². The predicted octanol–water partition coefficient (Wildman–Crippen LogP) is 4.18. The highest BCUT2D eigenvalue weighted by Gasteiger charge is 2.16. The number of carbonyl (C=O) groups excluding carboxylic acids is 1. The summed E-state index contributed by atoms with van der Waals surface area (Å²) < 4.78 is 10.4. The van der Waals surface area contributed by atoms with Crippen molar-refractivity contribution in [3.05, 3.63) is 76.0 Å². The second kappa shape index (κ2) is 7.05. The first kappa shape index (κ1) is 17.0. The highest BCUT2D eigenvalue weighted by atomic mass is 32.1. The second-order valence-corrected chi connectivity index (χ2v) is 6.57. The molecule has 0 radical (unpaired) electrons. The molecule has 0 aliphatic carbocycles. The lowest BCUT2D eigenvalue weighted by Gasteiger charge is -2.03. The molecule has 7 heteroatoms. The fraction of sp³-hybridized carbons (Fsp3) is 0.0500. The van der Waals surface area contributed by atoms with Crippen molar-refractivity contribution in [3.63, 3.8) is 0 Å². The molecule has 1 N–H and O–H groups in total. The SMILES string of the molecule is COc1cccc(-c2csc(NC(=O)c3cc4ccccc4oc3=O)n2)c1. The molecule has 0 bridgehead atoms. The Hall–Kier alpha value is -3.45. The first-order chi connectivity index (χ1) is 13.1. The van der Waals surface area contributed by atoms with Gasteiger partial charge in [0, 0.05) is 16.3 Å². The molecule has 4 aromatic rings. The number of amides is 1. The number of methoxy groups -OCH3 is 1. The lowest BCUT2D eigenvalue weighted by atomic mass is 10.2. The van der Waals surface area contributed by atoms with Crippen LogP contribution in [0.25, 0.3) is 22.2 Å². The van der Waals surface area contributed by atoms with Crippen LogP contribution in [0.1, 0.15) is 10.4 Å². The van der Waals surface area contributed by atoms with E-state index in [1.54, 1.807) is 25.3 Å². The molecule has 0 aliphatic heterocycles. The van der Waals surface area contributed by atoms with Gasteiger partial charge < -0.3 is 9.15 Å². The van der Waals surface area contributed by atoms with E-state index in [-0.39, 0.29) is 5.56 Å². The predicted molar refractivity (Wildman–Crippen MR) is 105 cm³/mol. The van der Waals surface area contributed by atoms with Crippen LogP contribution in [-0.4, -0.2) is 18.0 Å². The standard InChI is InChI=1S/C20H14N2O4S/c1-25-14-7-4-6-12(9-14)16-11-27-20(21-16)22-18(23)15-10-13-5-2-3-8-17(13)26-19(15)24/h2-11H,1H3,(H,21,22,23). The minimum atomic E-state index is -0.684. The Morgan fingerprint density at radius 1 is 1.15 bits per heavy atom. The van der Waals surface area contributed by atoms with E-state index in [1.807, 2.05) is 35.7 Å². The normalized spacial score (nSPS) is 10.7. The van der Waals surface area contributed by atoms with E-state index in [9.17, 15) is 9.59 Å². The number of anilines is 1. The van der Waals surface area contributed by atoms with E-state index in [2.05, 4.69) is 10.3 Å². The van der Waals surface area contributed by atoms with E-state index in [0.717, 1.165) is 11.3 Å². The van der Waals surface area contributed by atoms with Gasteiger partial charge in [-0.15, -0.1) is 11.3 Å². The second-order valence-electron chi connectivity index (χ2n) is 5.71. The van der Waals surface area contributed by atoms with Crippen LogP contribution in [0.3, 0.4) is 0 Å². The Bertz CT molecular complexity index is 1200. The number of hydrogen-bond acceptors (Lipinski definition) is 6. The van der Waals surface area contributed by atoms with Crippen LogP contribution in [-0.2, 0) is 0 Å². The van der Waals surface area contributed by atoms with Gasteiger partial charge >= 0.3 is 5.63 Å². The maximum atomic E-state index is 12.5. The molecule has 2 aromatic carbocycles. The van der Waals surface area contributed by atoms with Gasteiger partial charge in [0.25, 0.3) is 5.91 Å². The highest BCUT2D eigenvalue weighted by molar-refractivity contribution is 7.14. The van der Waals surface area contributed by atoms with Crippen LogP contribution in [0.2, 0.25) is 0 Å². The summed E-state index contributed by atoms with van der Waals surface area (Å²) in [5.41, 5.74) is 1.27. The van der Waals surface area contributed by atoms with Crippen LogP contribution < -0.4 is 15.7 Å². The summed E-state index contributed by atoms with van der Waals surface area (Å²) in [6.07, 6.45) is 0. The molecular weight excluding hydrogens is 364 g/mol. The zero-order chi connectivity index (χ0) is 18.8. The zero-order valence-electron chi connectivity index (χ0n) is 14.3. The van der Waals surface area contributed by atoms with Gasteiger partial charge in [-0.25, -0.2) is 9.78 Å². The molecule has 6 nitrogen and oxygen atoms in total. The van der Waals surface area contributed by atoms with E-state index < -0.39 is 11.5 Å². The van der Waals surface area contributed by atoms with Crippen LogP contribution in [0.15, 0.2) is 69.2 Å². The average Bonchev–Trinajstić information content (AvgIpc) is 3.16. The largest absolute Gasteiger partial charge is 0.497 e. The maximum Gasteiger partial charge on any atom is 0.349 e. The molecule has 27 heavy (non-hydrogen) atoms. The van der Waals surface area contributed by atoms with Crippen molar-refractivity contribution < 1.29 is 13.9 Å². The van der Waals surface area contributed by atoms with Crippen LogP contribution in [0, 0.1) is 0 Å². The number of aromatic nitrogens is 1. The number of hydrogen-bond donors (Lipinski definition) is 1. The van der Waals surface area contributed by atoms with Gasteiger partial charge in [-0.05, 0) is 24.3 Å². The Balaban J connectivity index is 1.59. The van der Waals surface area contributed by atoms with E-state index >= 15 is 0 Å². The summed E-state index contributed by atoms with van der Waals surface area (Å²) in [5, 5.41) is 5.56. The minimum Gasteiger partial charge on any atom is -0.497 e. The molecule has 1 amide bonds. The third-order valence-electron chi connectivity index (χ3n) is 3.98. The van der Waals surface area contributed by atoms with Gasteiger partial charge in [-0.1, -0.05) is 30.3 Å². The summed E-state index contributed by atoms with van der Waals surface area (Å²) in [4.78, 5) is 29.0. The fourth-order valence-electron chi connectivity index (χ4n) is 2.63. The summed E-state index contributed by atoms with van der Waals surface area (Å²) >= 11 is 1.27. The number of para-hydroxylation sites is 1. The van der Waals surface area contributed by atoms with Crippen molar-refractivity contribution in [2.24, 2.45) is 0 Å². The quantitative estimate of drug-likeness (QED) is 0.539. The number of ether oxygens (including phenoxy) is 1. The van der Waals surface area contributed by atoms with Crippen molar-refractivity contribution in [2.75, 3.05) is 12.4 Å². The number of thiazole rings is 1. The van der Waals surface area contributed by atoms with Gasteiger partial charge in [0.05, 0.1) is 12.8 Å². The van der Waals surface area contributed by atoms with Crippen LogP contribution in [0.4, 0.5) is 5.13 Å². The molecule has 0 saturated heterocycles. The molecule has 0 atom stereocenters. The molecule has 0 unspecified atom stereocenters. The summed E-state index contributed by atoms with van der Waals surface area (Å²) in [6.45, 7) is 0. The fourth-order valence-corrected chi connectivity index (χ4v) is 3.35. The van der Waals surface area contributed by atoms with E-state index in [1.165, 1.54) is 17.4 Å². The lowest BCUT2D eigenvalue weighted by Crippen LogP contribution is -2.20. The number of benzene rings is 2. The van der Waals surface area contributed by atoms with Crippen LogP contribution in [0.5, 0.6) is 5.75 Å². The third kappa shape index (κ3) is 3.45. The highest BCUT2D eigenvalue weighted by Crippen LogP contribution is 2.27. The van der Waals surface area contributed by atoms with Crippen molar-refractivity contribution >= 4 is 33.3 Å². The van der Waals surface area contributed by atoms with Gasteiger partial charge in [-0.3, -0.25) is 10.1 Å². The monoisotopic (exact) mass is 378 g/mol. The molecule has 134 valence electrons. The summed E-state index contributed by atoms with van der Waals surface area (Å²) in [7, 11) is 1.60. The molecule has 0 aliphatic rings. The first-order valence-electron chi connectivity index (χ1n) is 8.08. The molecule has 2 aromatic heterocycles. The molecule has 0 saturated carbocycles. The van der Waals surface area contributed by atoms with Crippen molar-refractivity contribution in [1.82, 2.24) is 4.98 Å². The summed E-state index contributed by atoms with van der Waals surface area (Å²) in [5.74, 6) is 0.168. The molecule has 0 fully saturated rings. The number of nitrogens with zero attached hydrogens (tertiary/aromatic N) is 1. The number of nitrogens with one attached hydrogen (secondary N) is 1. The van der Waals surface area contributed by atoms with E-state index in [4.69, 9.17) is 9.15 Å². The third-order valence-corrected chi connectivity index (χ3v) is 4.73. The number of rotatable bonds is 4. The Labute approximate surface area is 158 Å². The smallest absolute Gasteiger partial charge is 0.349 e. The Morgan fingerprint density at radius 3 is 2.85 bits per heavy atom. The van der Waals surface area contributed by atoms with Gasteiger partial charge in [-0.2, -0.15) is 0 Å². The van der Waals surface area contributed by atoms with Crippen molar-refractivity contribution in [3.8, 4) is 17.0 Å². The Morgan fingerprint density at radius 2 is 2.00 bits per heavy atom. The number of carbonyl (C=O) groups is 1. The molecule has 0 spiro atoms. The molecular formula is C20H14N2O4S. The lowest BCUT2D eigenvalue weighted by molar-refractivity contribution is 0.102. The molecule has 2 heterocycles. The van der Waals surface area contributed by atoms with Gasteiger partial charge in [0.1, 0.15) is 16.9 Å². The Kier molecular flexibility index (Phi) is 4.43. The van der Waals surface area contributed by atoms with Gasteiger partial charge in [0.15, 0.2) is 5.13 Å². The van der Waals surface area contributed by atoms with Crippen LogP contribution >= 0.6 is 11.3 Å². The minimum absolute atomic E-state index is 0.0631. The van der Waals surface area contributed by atoms with E-state index in [0.29, 0.717) is 21.8 Å². The average molecular weight is 378 g/mol. The topological polar surface area (TPSA) is 81.4 Å². The number of fused-ring (bicyclic) bond motifs is 1. The zero-order valence-corrected chi connectivity index (χ0v) is 15.1. The maximum absolute atomic E-state index is 12.5. The van der Waals surface area contributed by atoms with Crippen molar-refractivity contribution in [2.45, 2.75) is 0 Å².